The van der Waals surface area contributed by atoms with Crippen LogP contribution in [0.4, 0.5) is 17.1 Å². The molecule has 0 atom stereocenters. The van der Waals surface area contributed by atoms with Gasteiger partial charge in [-0.2, -0.15) is 0 Å². The van der Waals surface area contributed by atoms with Crippen LogP contribution in [0.2, 0.25) is 0 Å². The Hall–Kier alpha value is -10.5. The van der Waals surface area contributed by atoms with Crippen LogP contribution in [0, 0.1) is 0 Å². The summed E-state index contributed by atoms with van der Waals surface area (Å²) < 4.78 is 14.4. The van der Waals surface area contributed by atoms with Gasteiger partial charge >= 0.3 is 0 Å². The van der Waals surface area contributed by atoms with Crippen LogP contribution in [0.15, 0.2) is 245 Å². The van der Waals surface area contributed by atoms with Crippen molar-refractivity contribution >= 4 is 71.7 Å². The molecular formula is C103H93NO2. The van der Waals surface area contributed by atoms with Crippen LogP contribution in [0.5, 0.6) is 0 Å². The van der Waals surface area contributed by atoms with Gasteiger partial charge < -0.3 is 13.7 Å². The maximum absolute atomic E-state index is 7.26. The molecule has 0 radical (unpaired) electrons. The molecule has 0 N–H and O–H groups in total. The Morgan fingerprint density at radius 1 is 0.292 bits per heavy atom. The molecular weight excluding hydrogens is 1280 g/mol. The Kier molecular flexibility index (Phi) is 14.6. The highest BCUT2D eigenvalue weighted by molar-refractivity contribution is 6.22. The molecule has 3 nitrogen and oxygen atoms in total. The third-order valence-corrected chi connectivity index (χ3v) is 26.7. The second-order valence-electron chi connectivity index (χ2n) is 34.0. The summed E-state index contributed by atoms with van der Waals surface area (Å²) in [7, 11) is 0. The van der Waals surface area contributed by atoms with Gasteiger partial charge in [-0.25, -0.2) is 0 Å². The average Bonchev–Trinajstić information content (AvgIpc) is 1.50. The molecule has 0 bridgehead atoms. The highest BCUT2D eigenvalue weighted by Gasteiger charge is 2.50. The first-order valence-corrected chi connectivity index (χ1v) is 39.8. The van der Waals surface area contributed by atoms with Gasteiger partial charge in [-0.1, -0.05) is 303 Å². The predicted molar refractivity (Wildman–Crippen MR) is 447 cm³/mol. The molecule has 0 fully saturated rings. The second-order valence-corrected chi connectivity index (χ2v) is 34.0. The Balaban J connectivity index is 0.691. The molecule has 5 aliphatic rings. The first-order valence-electron chi connectivity index (χ1n) is 39.8. The fourth-order valence-electron chi connectivity index (χ4n) is 21.4. The van der Waals surface area contributed by atoms with Gasteiger partial charge in [0.15, 0.2) is 0 Å². The van der Waals surface area contributed by atoms with Crippen molar-refractivity contribution in [2.75, 3.05) is 4.90 Å². The molecule has 0 aliphatic heterocycles. The third-order valence-electron chi connectivity index (χ3n) is 26.7. The van der Waals surface area contributed by atoms with E-state index in [0.29, 0.717) is 0 Å². The molecule has 0 saturated carbocycles. The lowest BCUT2D eigenvalue weighted by molar-refractivity contribution is 0.399. The summed E-state index contributed by atoms with van der Waals surface area (Å²) in [6.07, 6.45) is 15.4. The van der Waals surface area contributed by atoms with Gasteiger partial charge in [0.05, 0.1) is 5.69 Å². The summed E-state index contributed by atoms with van der Waals surface area (Å²) in [5.74, 6) is 0. The number of anilines is 3. The number of hydrogen-bond donors (Lipinski definition) is 0. The Morgan fingerprint density at radius 3 is 1.40 bits per heavy atom. The van der Waals surface area contributed by atoms with Gasteiger partial charge in [0.1, 0.15) is 22.3 Å². The lowest BCUT2D eigenvalue weighted by Gasteiger charge is -2.33. The van der Waals surface area contributed by atoms with E-state index in [2.05, 4.69) is 311 Å². The highest BCUT2D eigenvalue weighted by Crippen LogP contribution is 2.65. The normalized spacial score (nSPS) is 15.7. The fourth-order valence-corrected chi connectivity index (χ4v) is 21.4. The largest absolute Gasteiger partial charge is 0.455 e. The number of para-hydroxylation sites is 2. The number of fused-ring (bicyclic) bond motifs is 26. The molecule has 0 saturated heterocycles. The molecule has 0 unspecified atom stereocenters. The molecule has 5 aliphatic carbocycles. The smallest absolute Gasteiger partial charge is 0.144 e. The van der Waals surface area contributed by atoms with Crippen LogP contribution < -0.4 is 4.90 Å². The monoisotopic (exact) mass is 1380 g/mol. The van der Waals surface area contributed by atoms with Gasteiger partial charge in [-0.15, -0.1) is 0 Å². The summed E-state index contributed by atoms with van der Waals surface area (Å²) in [6.45, 7) is 24.3. The number of furan rings is 2. The number of unbranched alkanes of at least 4 members (excludes halogenated alkanes) is 8. The molecule has 2 heterocycles. The van der Waals surface area contributed by atoms with E-state index >= 15 is 0 Å². The van der Waals surface area contributed by atoms with Gasteiger partial charge in [0.2, 0.25) is 0 Å². The lowest BCUT2D eigenvalue weighted by atomic mass is 9.70. The maximum atomic E-state index is 7.26. The topological polar surface area (TPSA) is 29.5 Å². The van der Waals surface area contributed by atoms with Gasteiger partial charge in [0.25, 0.3) is 0 Å². The van der Waals surface area contributed by atoms with Crippen molar-refractivity contribution in [1.82, 2.24) is 0 Å². The Labute approximate surface area is 625 Å². The lowest BCUT2D eigenvalue weighted by Crippen LogP contribution is -2.25. The molecule has 2 aromatic heterocycles. The van der Waals surface area contributed by atoms with Crippen LogP contribution >= 0.6 is 0 Å². The number of benzene rings is 13. The zero-order valence-electron chi connectivity index (χ0n) is 63.3. The van der Waals surface area contributed by atoms with E-state index in [0.717, 1.165) is 50.3 Å². The van der Waals surface area contributed by atoms with Crippen LogP contribution in [-0.4, -0.2) is 0 Å². The van der Waals surface area contributed by atoms with Gasteiger partial charge in [-0.05, 0) is 207 Å². The van der Waals surface area contributed by atoms with E-state index in [1.54, 1.807) is 11.1 Å². The predicted octanol–water partition coefficient (Wildman–Crippen LogP) is 29.7. The van der Waals surface area contributed by atoms with E-state index in [9.17, 15) is 0 Å². The standard InChI is InChI=1S/C103H93NO2/c1-11-13-15-17-29-54-103(55-30-18-16-14-12-2)80-40-26-21-35-69(80)72-50-45-64(57-85(72)103)63-44-49-70-71-51-46-65(58-82(71)99(3,4)81(70)56-63)78-61-86-90(92-76-37-23-27-42-88(76)105-97(78)92)74-52-47-66(59-83(74)100(86,5)6)104(87-41-31-33-62-32-19-20-34-68(62)87)67-48-53-75-84(60-67)102(9,10)95-91(75)93-77-38-24-28-43-89(77)106-98(93)94-73-36-22-25-39-79(73)101(7,8)96(94)95/h19-28,31-53,56-61H,11-18,29-30,54-55H2,1-10H3. The molecule has 0 amide bonds. The first kappa shape index (κ1) is 65.1. The number of hydrogen-bond acceptors (Lipinski definition) is 3. The molecule has 522 valence electrons. The zero-order valence-corrected chi connectivity index (χ0v) is 63.3. The summed E-state index contributed by atoms with van der Waals surface area (Å²) >= 11 is 0. The van der Waals surface area contributed by atoms with Crippen LogP contribution in [-0.2, 0) is 27.1 Å². The maximum Gasteiger partial charge on any atom is 0.144 e. The summed E-state index contributed by atoms with van der Waals surface area (Å²) in [5, 5.41) is 7.13. The van der Waals surface area contributed by atoms with Crippen LogP contribution in [0.25, 0.3) is 133 Å². The number of nitrogens with zero attached hydrogens (tertiary/aromatic N) is 1. The van der Waals surface area contributed by atoms with Gasteiger partial charge in [0, 0.05) is 76.5 Å². The van der Waals surface area contributed by atoms with E-state index in [4.69, 9.17) is 8.83 Å². The summed E-state index contributed by atoms with van der Waals surface area (Å²) in [5.41, 5.74) is 38.0. The van der Waals surface area contributed by atoms with Crippen molar-refractivity contribution in [3.05, 3.63) is 292 Å². The second kappa shape index (κ2) is 23.8. The molecule has 3 heteroatoms. The molecule has 15 aromatic rings. The van der Waals surface area contributed by atoms with E-state index < -0.39 is 5.41 Å². The zero-order chi connectivity index (χ0) is 71.9. The minimum Gasteiger partial charge on any atom is -0.455 e. The quantitative estimate of drug-likeness (QED) is 0.0851. The number of rotatable bonds is 17. The molecule has 13 aromatic carbocycles. The van der Waals surface area contributed by atoms with Crippen LogP contribution in [0.3, 0.4) is 0 Å². The fraction of sp³-hybridized carbons (Fsp3) is 0.262. The first-order chi connectivity index (χ1) is 51.5. The van der Waals surface area contributed by atoms with E-state index in [-0.39, 0.29) is 21.7 Å². The highest BCUT2D eigenvalue weighted by atomic mass is 16.3. The summed E-state index contributed by atoms with van der Waals surface area (Å²) in [4.78, 5) is 2.55. The Morgan fingerprint density at radius 2 is 0.736 bits per heavy atom. The van der Waals surface area contributed by atoms with Crippen molar-refractivity contribution < 1.29 is 8.83 Å². The van der Waals surface area contributed by atoms with Crippen molar-refractivity contribution in [3.63, 3.8) is 0 Å². The average molecular weight is 1380 g/mol. The van der Waals surface area contributed by atoms with Gasteiger partial charge in [-0.3, -0.25) is 0 Å². The molecule has 106 heavy (non-hydrogen) atoms. The minimum atomic E-state index is -0.399. The van der Waals surface area contributed by atoms with E-state index in [1.807, 2.05) is 0 Å². The SMILES string of the molecule is CCCCCCCC1(CCCCCCC)c2ccccc2-c2ccc(-c3ccc4c(c3)C(C)(C)c3cc(-c5cc6c(c7c5oc5ccccc57)-c5ccc(N(c7ccc8c(c7)C(C)(C)c7c9c(c%10oc%11ccccc%11c%10c7-8)-c7ccccc7C9(C)C)c7cccc8ccccc78)cc5C6(C)C)ccc3-4)cc21. The molecule has 20 rings (SSSR count). The summed E-state index contributed by atoms with van der Waals surface area (Å²) in [6, 6.07) is 91.1. The Bertz CT molecular complexity index is 6190. The third kappa shape index (κ3) is 9.17. The van der Waals surface area contributed by atoms with Crippen LogP contribution in [0.1, 0.15) is 202 Å². The van der Waals surface area contributed by atoms with Crippen molar-refractivity contribution in [1.29, 1.82) is 0 Å². The molecule has 0 spiro atoms. The van der Waals surface area contributed by atoms with Crippen molar-refractivity contribution in [2.24, 2.45) is 0 Å². The van der Waals surface area contributed by atoms with Crippen molar-refractivity contribution in [2.45, 2.75) is 173 Å². The van der Waals surface area contributed by atoms with E-state index in [1.165, 1.54) is 221 Å². The van der Waals surface area contributed by atoms with Crippen molar-refractivity contribution in [3.8, 4) is 77.9 Å². The minimum absolute atomic E-state index is 0.0297.